The first-order valence-electron chi connectivity index (χ1n) is 9.43. The smallest absolute Gasteiger partial charge is 0.224 e. The van der Waals surface area contributed by atoms with E-state index in [0.29, 0.717) is 5.92 Å². The number of piperidine rings is 1. The number of rotatable bonds is 9. The SMILES string of the molecule is CN(C)CCNc1nc(NCCC2CCNCC2)cc(C2CC2)n1. The fourth-order valence-corrected chi connectivity index (χ4v) is 3.19. The van der Waals surface area contributed by atoms with Crippen LogP contribution in [0.25, 0.3) is 0 Å². The first-order chi connectivity index (χ1) is 11.7. The van der Waals surface area contributed by atoms with Crippen molar-refractivity contribution in [1.29, 1.82) is 0 Å². The highest BCUT2D eigenvalue weighted by molar-refractivity contribution is 5.44. The summed E-state index contributed by atoms with van der Waals surface area (Å²) in [6.45, 7) is 5.20. The van der Waals surface area contributed by atoms with E-state index >= 15 is 0 Å². The zero-order chi connectivity index (χ0) is 16.8. The Bertz CT molecular complexity index is 508. The van der Waals surface area contributed by atoms with Crippen LogP contribution in [0, 0.1) is 5.92 Å². The van der Waals surface area contributed by atoms with Gasteiger partial charge in [-0.2, -0.15) is 4.98 Å². The summed E-state index contributed by atoms with van der Waals surface area (Å²) >= 11 is 0. The largest absolute Gasteiger partial charge is 0.370 e. The van der Waals surface area contributed by atoms with Gasteiger partial charge in [0, 0.05) is 31.6 Å². The van der Waals surface area contributed by atoms with Gasteiger partial charge in [0.1, 0.15) is 5.82 Å². The topological polar surface area (TPSA) is 65.1 Å². The summed E-state index contributed by atoms with van der Waals surface area (Å²) in [7, 11) is 4.16. The maximum absolute atomic E-state index is 4.70. The molecule has 0 unspecified atom stereocenters. The number of hydrogen-bond acceptors (Lipinski definition) is 6. The van der Waals surface area contributed by atoms with E-state index in [1.165, 1.54) is 50.9 Å². The molecule has 2 fully saturated rings. The number of nitrogens with one attached hydrogen (secondary N) is 3. The Labute approximate surface area is 145 Å². The molecule has 6 nitrogen and oxygen atoms in total. The van der Waals surface area contributed by atoms with E-state index in [4.69, 9.17) is 4.98 Å². The minimum atomic E-state index is 0.646. The summed E-state index contributed by atoms with van der Waals surface area (Å²) in [4.78, 5) is 11.5. The monoisotopic (exact) mass is 332 g/mol. The van der Waals surface area contributed by atoms with E-state index in [-0.39, 0.29) is 0 Å². The van der Waals surface area contributed by atoms with E-state index < -0.39 is 0 Å². The predicted octanol–water partition coefficient (Wildman–Crippen LogP) is 2.13. The lowest BCUT2D eigenvalue weighted by molar-refractivity contribution is 0.361. The molecule has 2 aliphatic rings. The second-order valence-electron chi connectivity index (χ2n) is 7.41. The Balaban J connectivity index is 1.53. The molecule has 2 heterocycles. The van der Waals surface area contributed by atoms with Gasteiger partial charge >= 0.3 is 0 Å². The van der Waals surface area contributed by atoms with Crippen LogP contribution in [0.15, 0.2) is 6.07 Å². The minimum Gasteiger partial charge on any atom is -0.370 e. The van der Waals surface area contributed by atoms with E-state index in [0.717, 1.165) is 37.3 Å². The third-order valence-corrected chi connectivity index (χ3v) is 4.90. The lowest BCUT2D eigenvalue weighted by Crippen LogP contribution is -2.28. The average molecular weight is 332 g/mol. The van der Waals surface area contributed by atoms with Crippen molar-refractivity contribution in [2.75, 3.05) is 57.5 Å². The summed E-state index contributed by atoms with van der Waals surface area (Å²) in [6.07, 6.45) is 6.37. The predicted molar refractivity (Wildman–Crippen MR) is 99.8 cm³/mol. The molecule has 6 heteroatoms. The Kier molecular flexibility index (Phi) is 6.26. The molecule has 1 aromatic rings. The normalized spacial score (nSPS) is 18.8. The molecule has 1 saturated carbocycles. The summed E-state index contributed by atoms with van der Waals surface area (Å²) in [6, 6.07) is 2.15. The first-order valence-corrected chi connectivity index (χ1v) is 9.43. The molecule has 0 bridgehead atoms. The zero-order valence-electron chi connectivity index (χ0n) is 15.1. The lowest BCUT2D eigenvalue weighted by atomic mass is 9.95. The van der Waals surface area contributed by atoms with Gasteiger partial charge in [0.05, 0.1) is 5.69 Å². The molecule has 0 spiro atoms. The molecule has 1 aliphatic carbocycles. The summed E-state index contributed by atoms with van der Waals surface area (Å²) in [5, 5.41) is 10.3. The van der Waals surface area contributed by atoms with E-state index in [2.05, 4.69) is 46.0 Å². The van der Waals surface area contributed by atoms with Crippen LogP contribution in [0.2, 0.25) is 0 Å². The molecule has 0 amide bonds. The molecule has 0 atom stereocenters. The highest BCUT2D eigenvalue weighted by atomic mass is 15.2. The van der Waals surface area contributed by atoms with Crippen molar-refractivity contribution < 1.29 is 0 Å². The molecular formula is C18H32N6. The van der Waals surface area contributed by atoms with E-state index in [9.17, 15) is 0 Å². The van der Waals surface area contributed by atoms with Gasteiger partial charge in [-0.1, -0.05) is 0 Å². The van der Waals surface area contributed by atoms with Gasteiger partial charge in [-0.15, -0.1) is 0 Å². The fraction of sp³-hybridized carbons (Fsp3) is 0.778. The van der Waals surface area contributed by atoms with Crippen LogP contribution in [0.4, 0.5) is 11.8 Å². The van der Waals surface area contributed by atoms with Crippen LogP contribution in [-0.4, -0.2) is 61.7 Å². The molecule has 3 rings (SSSR count). The van der Waals surface area contributed by atoms with Crippen LogP contribution < -0.4 is 16.0 Å². The van der Waals surface area contributed by atoms with Crippen molar-refractivity contribution in [2.24, 2.45) is 5.92 Å². The molecule has 24 heavy (non-hydrogen) atoms. The van der Waals surface area contributed by atoms with Crippen LogP contribution in [-0.2, 0) is 0 Å². The first kappa shape index (κ1) is 17.4. The van der Waals surface area contributed by atoms with Crippen molar-refractivity contribution in [3.8, 4) is 0 Å². The van der Waals surface area contributed by atoms with Gasteiger partial charge in [-0.25, -0.2) is 4.98 Å². The van der Waals surface area contributed by atoms with Gasteiger partial charge in [-0.3, -0.25) is 0 Å². The number of likely N-dealkylation sites (N-methyl/N-ethyl adjacent to an activating group) is 1. The zero-order valence-corrected chi connectivity index (χ0v) is 15.1. The number of aromatic nitrogens is 2. The van der Waals surface area contributed by atoms with Gasteiger partial charge < -0.3 is 20.9 Å². The van der Waals surface area contributed by atoms with Crippen molar-refractivity contribution in [1.82, 2.24) is 20.2 Å². The van der Waals surface area contributed by atoms with Crippen molar-refractivity contribution >= 4 is 11.8 Å². The molecule has 3 N–H and O–H groups in total. The number of hydrogen-bond donors (Lipinski definition) is 3. The Hall–Kier alpha value is -1.40. The second kappa shape index (κ2) is 8.62. The molecule has 1 aliphatic heterocycles. The standard InChI is InChI=1S/C18H32N6/c1-24(2)12-11-21-18-22-16(15-3-4-15)13-17(23-18)20-10-7-14-5-8-19-9-6-14/h13-15,19H,3-12H2,1-2H3,(H2,20,21,22,23). The van der Waals surface area contributed by atoms with Gasteiger partial charge in [-0.05, 0) is 65.2 Å². The van der Waals surface area contributed by atoms with Crippen molar-refractivity contribution in [3.05, 3.63) is 11.8 Å². The van der Waals surface area contributed by atoms with Crippen LogP contribution in [0.1, 0.15) is 43.7 Å². The quantitative estimate of drug-likeness (QED) is 0.644. The summed E-state index contributed by atoms with van der Waals surface area (Å²) in [5.74, 6) is 3.24. The lowest BCUT2D eigenvalue weighted by Gasteiger charge is -2.22. The second-order valence-corrected chi connectivity index (χ2v) is 7.41. The van der Waals surface area contributed by atoms with Crippen LogP contribution in [0.3, 0.4) is 0 Å². The van der Waals surface area contributed by atoms with Crippen LogP contribution >= 0.6 is 0 Å². The number of anilines is 2. The summed E-state index contributed by atoms with van der Waals surface area (Å²) < 4.78 is 0. The Morgan fingerprint density at radius 3 is 2.58 bits per heavy atom. The third kappa shape index (κ3) is 5.60. The molecule has 1 saturated heterocycles. The maximum Gasteiger partial charge on any atom is 0.224 e. The fourth-order valence-electron chi connectivity index (χ4n) is 3.19. The Morgan fingerprint density at radius 1 is 1.08 bits per heavy atom. The number of nitrogens with zero attached hydrogens (tertiary/aromatic N) is 3. The molecule has 1 aromatic heterocycles. The highest BCUT2D eigenvalue weighted by Gasteiger charge is 2.26. The minimum absolute atomic E-state index is 0.646. The van der Waals surface area contributed by atoms with Gasteiger partial charge in [0.2, 0.25) is 5.95 Å². The van der Waals surface area contributed by atoms with Gasteiger partial charge in [0.15, 0.2) is 0 Å². The molecule has 0 aromatic carbocycles. The Morgan fingerprint density at radius 2 is 1.88 bits per heavy atom. The molecule has 0 radical (unpaired) electrons. The maximum atomic E-state index is 4.70. The van der Waals surface area contributed by atoms with Gasteiger partial charge in [0.25, 0.3) is 0 Å². The third-order valence-electron chi connectivity index (χ3n) is 4.90. The van der Waals surface area contributed by atoms with E-state index in [1.54, 1.807) is 0 Å². The van der Waals surface area contributed by atoms with Crippen LogP contribution in [0.5, 0.6) is 0 Å². The highest BCUT2D eigenvalue weighted by Crippen LogP contribution is 2.39. The van der Waals surface area contributed by atoms with E-state index in [1.807, 2.05) is 0 Å². The summed E-state index contributed by atoms with van der Waals surface area (Å²) in [5.41, 5.74) is 1.20. The van der Waals surface area contributed by atoms with Crippen molar-refractivity contribution in [2.45, 2.75) is 38.0 Å². The molecule has 134 valence electrons. The van der Waals surface area contributed by atoms with Crippen molar-refractivity contribution in [3.63, 3.8) is 0 Å². The average Bonchev–Trinajstić information content (AvgIpc) is 3.40. The molecular weight excluding hydrogens is 300 g/mol.